The van der Waals surface area contributed by atoms with Gasteiger partial charge in [0.2, 0.25) is 0 Å². The van der Waals surface area contributed by atoms with Crippen LogP contribution in [-0.2, 0) is 10.2 Å². The van der Waals surface area contributed by atoms with E-state index in [-0.39, 0.29) is 12.8 Å². The molecule has 0 unspecified atom stereocenters. The second-order valence-corrected chi connectivity index (χ2v) is 4.20. The van der Waals surface area contributed by atoms with Crippen LogP contribution in [0, 0.1) is 23.3 Å². The summed E-state index contributed by atoms with van der Waals surface area (Å²) in [6.07, 6.45) is -0.358. The number of carbonyl (C=O) groups is 2. The molecule has 0 saturated heterocycles. The summed E-state index contributed by atoms with van der Waals surface area (Å²) < 4.78 is 54.1. The van der Waals surface area contributed by atoms with Crippen molar-refractivity contribution in [3.63, 3.8) is 0 Å². The molecule has 0 radical (unpaired) electrons. The SMILES string of the molecule is O=C(O)c1c(F)c(F)c(C2(C(=O)O)CC2)c(F)c1F. The minimum Gasteiger partial charge on any atom is -0.481 e. The smallest absolute Gasteiger partial charge is 0.341 e. The largest absolute Gasteiger partial charge is 0.481 e. The zero-order valence-electron chi connectivity index (χ0n) is 9.14. The first-order chi connectivity index (χ1) is 8.74. The van der Waals surface area contributed by atoms with Crippen LogP contribution in [0.5, 0.6) is 0 Å². The Morgan fingerprint density at radius 1 is 0.895 bits per heavy atom. The number of carboxylic acid groups (broad SMARTS) is 2. The highest BCUT2D eigenvalue weighted by molar-refractivity contribution is 5.90. The molecular formula is C11H6F4O4. The molecule has 0 spiro atoms. The molecule has 1 aliphatic carbocycles. The second kappa shape index (κ2) is 3.94. The van der Waals surface area contributed by atoms with E-state index in [1.54, 1.807) is 0 Å². The van der Waals surface area contributed by atoms with E-state index < -0.39 is 51.7 Å². The van der Waals surface area contributed by atoms with Crippen molar-refractivity contribution in [1.82, 2.24) is 0 Å². The molecule has 1 fully saturated rings. The van der Waals surface area contributed by atoms with Crippen LogP contribution in [0.25, 0.3) is 0 Å². The van der Waals surface area contributed by atoms with E-state index in [9.17, 15) is 27.2 Å². The van der Waals surface area contributed by atoms with Gasteiger partial charge in [0.05, 0.1) is 5.41 Å². The van der Waals surface area contributed by atoms with Gasteiger partial charge in [-0.05, 0) is 12.8 Å². The molecule has 1 aromatic rings. The Balaban J connectivity index is 2.79. The van der Waals surface area contributed by atoms with Gasteiger partial charge in [0.15, 0.2) is 23.3 Å². The molecule has 0 amide bonds. The Labute approximate surface area is 103 Å². The summed E-state index contributed by atoms with van der Waals surface area (Å²) in [5.41, 5.74) is -5.06. The maximum Gasteiger partial charge on any atom is 0.341 e. The topological polar surface area (TPSA) is 74.6 Å². The highest BCUT2D eigenvalue weighted by Crippen LogP contribution is 2.51. The van der Waals surface area contributed by atoms with Gasteiger partial charge in [0.1, 0.15) is 5.56 Å². The third-order valence-electron chi connectivity index (χ3n) is 3.12. The zero-order chi connectivity index (χ0) is 14.5. The standard InChI is InChI=1S/C11H6F4O4/c12-5-3(9(16)17)6(13)8(15)4(7(5)14)11(1-2-11)10(18)19/h1-2H2,(H,16,17)(H,18,19). The van der Waals surface area contributed by atoms with Gasteiger partial charge in [0, 0.05) is 5.56 Å². The molecule has 1 aromatic carbocycles. The summed E-state index contributed by atoms with van der Waals surface area (Å²) in [6.45, 7) is 0. The monoisotopic (exact) mass is 278 g/mol. The van der Waals surface area contributed by atoms with Gasteiger partial charge in [-0.15, -0.1) is 0 Å². The molecular weight excluding hydrogens is 272 g/mol. The minimum atomic E-state index is -2.18. The zero-order valence-corrected chi connectivity index (χ0v) is 9.14. The van der Waals surface area contributed by atoms with E-state index in [0.717, 1.165) is 0 Å². The van der Waals surface area contributed by atoms with Gasteiger partial charge < -0.3 is 10.2 Å². The van der Waals surface area contributed by atoms with Crippen molar-refractivity contribution in [1.29, 1.82) is 0 Å². The van der Waals surface area contributed by atoms with E-state index in [2.05, 4.69) is 0 Å². The number of benzene rings is 1. The Hall–Kier alpha value is -2.12. The summed E-state index contributed by atoms with van der Waals surface area (Å²) in [5.74, 6) is -12.0. The lowest BCUT2D eigenvalue weighted by molar-refractivity contribution is -0.140. The second-order valence-electron chi connectivity index (χ2n) is 4.20. The van der Waals surface area contributed by atoms with E-state index in [1.807, 2.05) is 0 Å². The molecule has 0 aromatic heterocycles. The highest BCUT2D eigenvalue weighted by atomic mass is 19.2. The van der Waals surface area contributed by atoms with Gasteiger partial charge in [0.25, 0.3) is 0 Å². The quantitative estimate of drug-likeness (QED) is 0.655. The molecule has 8 heteroatoms. The summed E-state index contributed by atoms with van der Waals surface area (Å²) >= 11 is 0. The van der Waals surface area contributed by atoms with Crippen molar-refractivity contribution in [2.75, 3.05) is 0 Å². The van der Waals surface area contributed by atoms with E-state index >= 15 is 0 Å². The highest BCUT2D eigenvalue weighted by Gasteiger charge is 2.56. The van der Waals surface area contributed by atoms with Crippen molar-refractivity contribution in [2.24, 2.45) is 0 Å². The minimum absolute atomic E-state index is 0.179. The molecule has 0 atom stereocenters. The number of aliphatic carboxylic acids is 1. The normalized spacial score (nSPS) is 16.2. The van der Waals surface area contributed by atoms with E-state index in [1.165, 1.54) is 0 Å². The maximum absolute atomic E-state index is 13.7. The molecule has 4 nitrogen and oxygen atoms in total. The molecule has 2 N–H and O–H groups in total. The van der Waals surface area contributed by atoms with Crippen molar-refractivity contribution in [2.45, 2.75) is 18.3 Å². The summed E-state index contributed by atoms with van der Waals surface area (Å²) in [6, 6.07) is 0. The summed E-state index contributed by atoms with van der Waals surface area (Å²) in [7, 11) is 0. The van der Waals surface area contributed by atoms with Crippen LogP contribution in [0.4, 0.5) is 17.6 Å². The lowest BCUT2D eigenvalue weighted by atomic mass is 9.93. The lowest BCUT2D eigenvalue weighted by Crippen LogP contribution is -2.25. The molecule has 2 rings (SSSR count). The average Bonchev–Trinajstić information content (AvgIpc) is 3.08. The number of carboxylic acids is 2. The van der Waals surface area contributed by atoms with Crippen LogP contribution in [-0.4, -0.2) is 22.2 Å². The van der Waals surface area contributed by atoms with Crippen molar-refractivity contribution in [3.05, 3.63) is 34.4 Å². The molecule has 102 valence electrons. The average molecular weight is 278 g/mol. The number of halogens is 4. The number of hydrogen-bond donors (Lipinski definition) is 2. The van der Waals surface area contributed by atoms with Gasteiger partial charge in [-0.3, -0.25) is 4.79 Å². The fraction of sp³-hybridized carbons (Fsp3) is 0.273. The number of aromatic carboxylic acids is 1. The number of rotatable bonds is 3. The van der Waals surface area contributed by atoms with Gasteiger partial charge in [-0.1, -0.05) is 0 Å². The van der Waals surface area contributed by atoms with Crippen molar-refractivity contribution in [3.8, 4) is 0 Å². The van der Waals surface area contributed by atoms with Crippen molar-refractivity contribution < 1.29 is 37.4 Å². The first-order valence-electron chi connectivity index (χ1n) is 5.07. The molecule has 0 heterocycles. The van der Waals surface area contributed by atoms with Gasteiger partial charge >= 0.3 is 11.9 Å². The fourth-order valence-electron chi connectivity index (χ4n) is 1.94. The fourth-order valence-corrected chi connectivity index (χ4v) is 1.94. The predicted octanol–water partition coefficient (Wildman–Crippen LogP) is 2.06. The lowest BCUT2D eigenvalue weighted by Gasteiger charge is -2.15. The number of hydrogen-bond acceptors (Lipinski definition) is 2. The van der Waals surface area contributed by atoms with Crippen LogP contribution in [0.2, 0.25) is 0 Å². The first kappa shape index (κ1) is 13.3. The summed E-state index contributed by atoms with van der Waals surface area (Å²) in [5, 5.41) is 17.4. The summed E-state index contributed by atoms with van der Waals surface area (Å²) in [4.78, 5) is 21.5. The predicted molar refractivity (Wildman–Crippen MR) is 51.8 cm³/mol. The van der Waals surface area contributed by atoms with Gasteiger partial charge in [-0.25, -0.2) is 22.4 Å². The third kappa shape index (κ3) is 1.66. The first-order valence-corrected chi connectivity index (χ1v) is 5.07. The van der Waals surface area contributed by atoms with Crippen LogP contribution in [0.3, 0.4) is 0 Å². The van der Waals surface area contributed by atoms with Crippen molar-refractivity contribution >= 4 is 11.9 Å². The Bertz CT molecular complexity index is 578. The van der Waals surface area contributed by atoms with Crippen LogP contribution < -0.4 is 0 Å². The molecule has 0 bridgehead atoms. The Kier molecular flexibility index (Phi) is 2.76. The Morgan fingerprint density at radius 2 is 1.32 bits per heavy atom. The van der Waals surface area contributed by atoms with Crippen LogP contribution in [0.1, 0.15) is 28.8 Å². The molecule has 1 saturated carbocycles. The van der Waals surface area contributed by atoms with E-state index in [4.69, 9.17) is 10.2 Å². The molecule has 0 aliphatic heterocycles. The van der Waals surface area contributed by atoms with Crippen LogP contribution in [0.15, 0.2) is 0 Å². The maximum atomic E-state index is 13.7. The third-order valence-corrected chi connectivity index (χ3v) is 3.12. The Morgan fingerprint density at radius 3 is 1.58 bits per heavy atom. The van der Waals surface area contributed by atoms with E-state index in [0.29, 0.717) is 0 Å². The van der Waals surface area contributed by atoms with Gasteiger partial charge in [-0.2, -0.15) is 0 Å². The molecule has 19 heavy (non-hydrogen) atoms. The molecule has 1 aliphatic rings. The van der Waals surface area contributed by atoms with Crippen LogP contribution >= 0.6 is 0 Å².